The first-order chi connectivity index (χ1) is 8.24. The van der Waals surface area contributed by atoms with Crippen LogP contribution in [0, 0.1) is 5.41 Å². The lowest BCUT2D eigenvalue weighted by molar-refractivity contribution is 0.153. The Morgan fingerprint density at radius 1 is 1.39 bits per heavy atom. The first kappa shape index (κ1) is 16.2. The minimum absolute atomic E-state index is 0.183. The molecule has 0 saturated carbocycles. The molecule has 0 fully saturated rings. The largest absolute Gasteiger partial charge is 0.326 e. The summed E-state index contributed by atoms with van der Waals surface area (Å²) in [7, 11) is 2.18. The maximum absolute atomic E-state index is 6.33. The van der Waals surface area contributed by atoms with E-state index in [1.165, 1.54) is 8.66 Å². The minimum Gasteiger partial charge on any atom is -0.326 e. The average Bonchev–Trinajstić information content (AvgIpc) is 2.62. The van der Waals surface area contributed by atoms with Gasteiger partial charge in [0.25, 0.3) is 0 Å². The zero-order valence-corrected chi connectivity index (χ0v) is 14.4. The number of halogens is 1. The average molecular weight is 333 g/mol. The molecular weight excluding hydrogens is 308 g/mol. The maximum atomic E-state index is 6.33. The van der Waals surface area contributed by atoms with E-state index in [0.29, 0.717) is 6.04 Å². The van der Waals surface area contributed by atoms with Gasteiger partial charge >= 0.3 is 0 Å². The molecule has 0 aromatic carbocycles. The van der Waals surface area contributed by atoms with Gasteiger partial charge in [0, 0.05) is 17.5 Å². The second-order valence-electron chi connectivity index (χ2n) is 6.13. The lowest BCUT2D eigenvalue weighted by Gasteiger charge is -2.35. The molecule has 2 N–H and O–H groups in total. The molecule has 2 atom stereocenters. The van der Waals surface area contributed by atoms with E-state index in [9.17, 15) is 0 Å². The van der Waals surface area contributed by atoms with Crippen LogP contribution in [0.1, 0.15) is 45.0 Å². The number of rotatable bonds is 5. The number of thiophene rings is 1. The van der Waals surface area contributed by atoms with E-state index in [0.717, 1.165) is 13.0 Å². The van der Waals surface area contributed by atoms with Crippen molar-refractivity contribution in [3.8, 4) is 0 Å². The molecule has 0 aliphatic rings. The third kappa shape index (κ3) is 4.65. The Hall–Kier alpha value is 0.1000. The normalized spacial score (nSPS) is 16.0. The quantitative estimate of drug-likeness (QED) is 0.872. The first-order valence-electron chi connectivity index (χ1n) is 6.45. The molecule has 0 aliphatic carbocycles. The summed E-state index contributed by atoms with van der Waals surface area (Å²) in [4.78, 5) is 3.75. The number of hydrogen-bond donors (Lipinski definition) is 1. The lowest BCUT2D eigenvalue weighted by atomic mass is 9.94. The van der Waals surface area contributed by atoms with Gasteiger partial charge in [0.15, 0.2) is 0 Å². The van der Waals surface area contributed by atoms with Gasteiger partial charge in [-0.2, -0.15) is 0 Å². The first-order valence-corrected chi connectivity index (χ1v) is 8.06. The topological polar surface area (TPSA) is 29.3 Å². The maximum Gasteiger partial charge on any atom is 0.0702 e. The summed E-state index contributed by atoms with van der Waals surface area (Å²) in [5, 5.41) is 0. The second-order valence-corrected chi connectivity index (χ2v) is 8.63. The molecule has 4 heteroatoms. The van der Waals surface area contributed by atoms with Crippen molar-refractivity contribution in [2.45, 2.75) is 46.2 Å². The van der Waals surface area contributed by atoms with Gasteiger partial charge in [-0.15, -0.1) is 11.3 Å². The number of hydrogen-bond acceptors (Lipinski definition) is 3. The van der Waals surface area contributed by atoms with Crippen molar-refractivity contribution in [1.82, 2.24) is 4.90 Å². The van der Waals surface area contributed by atoms with Crippen LogP contribution in [-0.2, 0) is 0 Å². The number of likely N-dealkylation sites (N-methyl/N-ethyl adjacent to an activating group) is 1. The highest BCUT2D eigenvalue weighted by molar-refractivity contribution is 9.11. The fourth-order valence-electron chi connectivity index (χ4n) is 2.31. The van der Waals surface area contributed by atoms with Crippen molar-refractivity contribution >= 4 is 27.3 Å². The Balaban J connectivity index is 2.92. The second kappa shape index (κ2) is 6.51. The van der Waals surface area contributed by atoms with Crippen LogP contribution in [0.5, 0.6) is 0 Å². The predicted octanol–water partition coefficient (Wildman–Crippen LogP) is 4.27. The summed E-state index contributed by atoms with van der Waals surface area (Å²) in [5.41, 5.74) is 6.61. The van der Waals surface area contributed by atoms with Crippen molar-refractivity contribution in [3.05, 3.63) is 20.8 Å². The molecule has 0 bridgehead atoms. The fourth-order valence-corrected chi connectivity index (χ4v) is 3.98. The zero-order chi connectivity index (χ0) is 13.9. The van der Waals surface area contributed by atoms with Crippen molar-refractivity contribution in [2.24, 2.45) is 11.1 Å². The third-order valence-corrected chi connectivity index (χ3v) is 4.66. The highest BCUT2D eigenvalue weighted by Gasteiger charge is 2.27. The minimum atomic E-state index is 0.183. The monoisotopic (exact) mass is 332 g/mol. The van der Waals surface area contributed by atoms with Crippen LogP contribution in [0.4, 0.5) is 0 Å². The van der Waals surface area contributed by atoms with Crippen LogP contribution in [0.2, 0.25) is 0 Å². The van der Waals surface area contributed by atoms with E-state index in [1.54, 1.807) is 11.3 Å². The zero-order valence-electron chi connectivity index (χ0n) is 12.0. The van der Waals surface area contributed by atoms with Crippen LogP contribution >= 0.6 is 27.3 Å². The summed E-state index contributed by atoms with van der Waals surface area (Å²) in [6.45, 7) is 10.00. The molecule has 0 spiro atoms. The van der Waals surface area contributed by atoms with E-state index in [4.69, 9.17) is 5.73 Å². The van der Waals surface area contributed by atoms with Gasteiger partial charge in [0.1, 0.15) is 0 Å². The van der Waals surface area contributed by atoms with Crippen molar-refractivity contribution in [3.63, 3.8) is 0 Å². The molecule has 2 nitrogen and oxygen atoms in total. The van der Waals surface area contributed by atoms with E-state index in [-0.39, 0.29) is 11.5 Å². The number of nitrogens with two attached hydrogens (primary N) is 1. The van der Waals surface area contributed by atoms with Gasteiger partial charge in [-0.25, -0.2) is 0 Å². The van der Waals surface area contributed by atoms with Gasteiger partial charge in [-0.3, -0.25) is 4.90 Å². The van der Waals surface area contributed by atoms with Gasteiger partial charge in [-0.05, 0) is 46.9 Å². The van der Waals surface area contributed by atoms with Crippen LogP contribution in [-0.4, -0.2) is 24.5 Å². The molecule has 2 unspecified atom stereocenters. The molecule has 18 heavy (non-hydrogen) atoms. The van der Waals surface area contributed by atoms with Crippen LogP contribution in [0.15, 0.2) is 15.9 Å². The van der Waals surface area contributed by atoms with Gasteiger partial charge < -0.3 is 5.73 Å². The van der Waals surface area contributed by atoms with E-state index in [1.807, 2.05) is 0 Å². The molecular formula is C14H25BrN2S. The fraction of sp³-hybridized carbons (Fsp3) is 0.714. The van der Waals surface area contributed by atoms with Crippen molar-refractivity contribution < 1.29 is 0 Å². The molecule has 1 heterocycles. The Labute approximate surface area is 124 Å². The molecule has 1 aromatic heterocycles. The summed E-state index contributed by atoms with van der Waals surface area (Å²) in [6, 6.07) is 4.79. The standard InChI is InChI=1S/C14H25BrN2S/c1-6-10(16)13(11-7-8-12(15)18-11)17(5)9-14(2,3)4/h7-8,10,13H,6,9,16H2,1-5H3. The van der Waals surface area contributed by atoms with Crippen molar-refractivity contribution in [1.29, 1.82) is 0 Å². The molecule has 1 aromatic rings. The van der Waals surface area contributed by atoms with E-state index < -0.39 is 0 Å². The van der Waals surface area contributed by atoms with Crippen LogP contribution in [0.25, 0.3) is 0 Å². The summed E-state index contributed by atoms with van der Waals surface area (Å²) in [5.74, 6) is 0. The highest BCUT2D eigenvalue weighted by atomic mass is 79.9. The molecule has 0 saturated heterocycles. The Kier molecular flexibility index (Phi) is 5.84. The predicted molar refractivity (Wildman–Crippen MR) is 85.1 cm³/mol. The summed E-state index contributed by atoms with van der Waals surface area (Å²) < 4.78 is 1.18. The smallest absolute Gasteiger partial charge is 0.0702 e. The molecule has 0 aliphatic heterocycles. The van der Waals surface area contributed by atoms with Gasteiger partial charge in [0.05, 0.1) is 9.83 Å². The van der Waals surface area contributed by atoms with Crippen molar-refractivity contribution in [2.75, 3.05) is 13.6 Å². The van der Waals surface area contributed by atoms with Gasteiger partial charge in [0.2, 0.25) is 0 Å². The van der Waals surface area contributed by atoms with E-state index >= 15 is 0 Å². The van der Waals surface area contributed by atoms with E-state index in [2.05, 4.69) is 67.7 Å². The lowest BCUT2D eigenvalue weighted by Crippen LogP contribution is -2.41. The molecule has 0 radical (unpaired) electrons. The van der Waals surface area contributed by atoms with Gasteiger partial charge in [-0.1, -0.05) is 27.7 Å². The SMILES string of the molecule is CCC(N)C(c1ccc(Br)s1)N(C)CC(C)(C)C. The Morgan fingerprint density at radius 3 is 2.39 bits per heavy atom. The van der Waals surface area contributed by atoms with Crippen LogP contribution in [0.3, 0.4) is 0 Å². The molecule has 0 amide bonds. The summed E-state index contributed by atoms with van der Waals surface area (Å²) in [6.07, 6.45) is 0.995. The molecule has 104 valence electrons. The number of nitrogens with zero attached hydrogens (tertiary/aromatic N) is 1. The summed E-state index contributed by atoms with van der Waals surface area (Å²) >= 11 is 5.33. The molecule has 1 rings (SSSR count). The Morgan fingerprint density at radius 2 is 2.00 bits per heavy atom. The Bertz CT molecular complexity index is 370. The third-order valence-electron chi connectivity index (χ3n) is 2.96. The van der Waals surface area contributed by atoms with Crippen LogP contribution < -0.4 is 5.73 Å². The highest BCUT2D eigenvalue weighted by Crippen LogP contribution is 2.34.